The highest BCUT2D eigenvalue weighted by molar-refractivity contribution is 8.03. The standard InChI is InChI=1S/C19H36O3S2/c1-3-4-5-6-9-15-24-19-16(20)12-13-17(19)23-14-10-7-8-11-18(21)22-2/h16-17,19-20H,3-15H2,1-2H3/t16?,17-,19-/m0/s1. The number of carbonyl (C=O) groups excluding carboxylic acids is 1. The fourth-order valence-corrected chi connectivity index (χ4v) is 6.29. The number of methoxy groups -OCH3 is 1. The molecule has 0 aromatic carbocycles. The fraction of sp³-hybridized carbons (Fsp3) is 0.947. The molecule has 24 heavy (non-hydrogen) atoms. The predicted octanol–water partition coefficient (Wildman–Crippen LogP) is 5.05. The molecule has 1 fully saturated rings. The molecule has 0 heterocycles. The summed E-state index contributed by atoms with van der Waals surface area (Å²) in [6.07, 6.45) is 12.4. The van der Waals surface area contributed by atoms with Gasteiger partial charge in [-0.15, -0.1) is 0 Å². The van der Waals surface area contributed by atoms with Gasteiger partial charge in [0.2, 0.25) is 0 Å². The number of thioether (sulfide) groups is 2. The van der Waals surface area contributed by atoms with Gasteiger partial charge < -0.3 is 9.84 Å². The molecule has 1 aliphatic rings. The first-order chi connectivity index (χ1) is 11.7. The summed E-state index contributed by atoms with van der Waals surface area (Å²) in [6.45, 7) is 2.25. The highest BCUT2D eigenvalue weighted by atomic mass is 32.2. The van der Waals surface area contributed by atoms with Crippen molar-refractivity contribution in [2.24, 2.45) is 0 Å². The second-order valence-electron chi connectivity index (χ2n) is 6.69. The first kappa shape index (κ1) is 22.2. The van der Waals surface area contributed by atoms with Gasteiger partial charge in [-0.3, -0.25) is 4.79 Å². The van der Waals surface area contributed by atoms with Gasteiger partial charge in [-0.25, -0.2) is 0 Å². The molecular weight excluding hydrogens is 340 g/mol. The number of hydrogen-bond donors (Lipinski definition) is 1. The van der Waals surface area contributed by atoms with E-state index in [-0.39, 0.29) is 12.1 Å². The van der Waals surface area contributed by atoms with E-state index in [4.69, 9.17) is 0 Å². The summed E-state index contributed by atoms with van der Waals surface area (Å²) in [6, 6.07) is 0. The van der Waals surface area contributed by atoms with E-state index < -0.39 is 0 Å². The molecule has 3 atom stereocenters. The molecule has 142 valence electrons. The molecule has 3 nitrogen and oxygen atoms in total. The topological polar surface area (TPSA) is 46.5 Å². The van der Waals surface area contributed by atoms with Crippen molar-refractivity contribution >= 4 is 29.5 Å². The zero-order valence-electron chi connectivity index (χ0n) is 15.5. The van der Waals surface area contributed by atoms with Gasteiger partial charge in [0.1, 0.15) is 0 Å². The second-order valence-corrected chi connectivity index (χ2v) is 9.32. The molecule has 1 rings (SSSR count). The summed E-state index contributed by atoms with van der Waals surface area (Å²) in [5, 5.41) is 11.3. The largest absolute Gasteiger partial charge is 0.469 e. The second kappa shape index (κ2) is 14.3. The number of aliphatic hydroxyl groups excluding tert-OH is 1. The van der Waals surface area contributed by atoms with Crippen LogP contribution in [-0.4, -0.2) is 46.3 Å². The third-order valence-corrected chi connectivity index (χ3v) is 7.84. The van der Waals surface area contributed by atoms with Gasteiger partial charge in [0.15, 0.2) is 0 Å². The summed E-state index contributed by atoms with van der Waals surface area (Å²) < 4.78 is 4.66. The minimum Gasteiger partial charge on any atom is -0.469 e. The van der Waals surface area contributed by atoms with E-state index in [2.05, 4.69) is 11.7 Å². The van der Waals surface area contributed by atoms with Crippen molar-refractivity contribution in [1.82, 2.24) is 0 Å². The number of ether oxygens (including phenoxy) is 1. The average molecular weight is 377 g/mol. The molecule has 1 saturated carbocycles. The van der Waals surface area contributed by atoms with Crippen LogP contribution in [0.1, 0.15) is 77.6 Å². The third kappa shape index (κ3) is 9.57. The van der Waals surface area contributed by atoms with Gasteiger partial charge in [0.05, 0.1) is 13.2 Å². The maximum atomic E-state index is 11.1. The van der Waals surface area contributed by atoms with Gasteiger partial charge in [-0.2, -0.15) is 23.5 Å². The predicted molar refractivity (Wildman–Crippen MR) is 107 cm³/mol. The number of aliphatic hydroxyl groups is 1. The molecule has 0 aromatic rings. The Bertz CT molecular complexity index is 326. The highest BCUT2D eigenvalue weighted by Gasteiger charge is 2.35. The Balaban J connectivity index is 2.09. The summed E-state index contributed by atoms with van der Waals surface area (Å²) in [5.41, 5.74) is 0. The zero-order chi connectivity index (χ0) is 17.6. The van der Waals surface area contributed by atoms with Crippen LogP contribution in [0, 0.1) is 0 Å². The minimum atomic E-state index is -0.109. The summed E-state index contributed by atoms with van der Waals surface area (Å²) in [7, 11) is 1.45. The van der Waals surface area contributed by atoms with E-state index in [1.54, 1.807) is 0 Å². The number of esters is 1. The number of carbonyl (C=O) groups is 1. The number of hydrogen-bond acceptors (Lipinski definition) is 5. The summed E-state index contributed by atoms with van der Waals surface area (Å²) in [4.78, 5) is 11.1. The van der Waals surface area contributed by atoms with Crippen LogP contribution in [0.2, 0.25) is 0 Å². The van der Waals surface area contributed by atoms with Crippen LogP contribution >= 0.6 is 23.5 Å². The van der Waals surface area contributed by atoms with Gasteiger partial charge in [-0.1, -0.05) is 39.0 Å². The van der Waals surface area contributed by atoms with Crippen LogP contribution in [0.5, 0.6) is 0 Å². The first-order valence-corrected chi connectivity index (χ1v) is 11.8. The molecular formula is C19H36O3S2. The Morgan fingerprint density at radius 3 is 2.38 bits per heavy atom. The van der Waals surface area contributed by atoms with Crippen molar-refractivity contribution in [3.63, 3.8) is 0 Å². The Labute approximate surface area is 157 Å². The van der Waals surface area contributed by atoms with E-state index in [1.807, 2.05) is 23.5 Å². The molecule has 0 aliphatic heterocycles. The van der Waals surface area contributed by atoms with Crippen LogP contribution in [0.15, 0.2) is 0 Å². The lowest BCUT2D eigenvalue weighted by molar-refractivity contribution is -0.140. The van der Waals surface area contributed by atoms with E-state index >= 15 is 0 Å². The average Bonchev–Trinajstić information content (AvgIpc) is 2.94. The van der Waals surface area contributed by atoms with Crippen molar-refractivity contribution in [2.45, 2.75) is 94.2 Å². The molecule has 0 radical (unpaired) electrons. The highest BCUT2D eigenvalue weighted by Crippen LogP contribution is 2.38. The van der Waals surface area contributed by atoms with E-state index in [0.29, 0.717) is 16.9 Å². The van der Waals surface area contributed by atoms with E-state index in [9.17, 15) is 9.90 Å². The van der Waals surface area contributed by atoms with Crippen molar-refractivity contribution in [1.29, 1.82) is 0 Å². The lowest BCUT2D eigenvalue weighted by Crippen LogP contribution is -2.24. The van der Waals surface area contributed by atoms with Crippen LogP contribution in [0.3, 0.4) is 0 Å². The zero-order valence-corrected chi connectivity index (χ0v) is 17.1. The molecule has 0 bridgehead atoms. The lowest BCUT2D eigenvalue weighted by atomic mass is 10.2. The van der Waals surface area contributed by atoms with Crippen LogP contribution in [0.25, 0.3) is 0 Å². The Hall–Kier alpha value is 0.130. The van der Waals surface area contributed by atoms with Crippen LogP contribution in [-0.2, 0) is 9.53 Å². The Morgan fingerprint density at radius 2 is 1.67 bits per heavy atom. The van der Waals surface area contributed by atoms with Crippen LogP contribution < -0.4 is 0 Å². The van der Waals surface area contributed by atoms with E-state index in [0.717, 1.165) is 37.9 Å². The maximum Gasteiger partial charge on any atom is 0.305 e. The van der Waals surface area contributed by atoms with Gasteiger partial charge in [-0.05, 0) is 43.6 Å². The molecule has 1 N–H and O–H groups in total. The number of unbranched alkanes of at least 4 members (excludes halogenated alkanes) is 6. The molecule has 0 saturated heterocycles. The summed E-state index contributed by atoms with van der Waals surface area (Å²) in [5.74, 6) is 2.24. The monoisotopic (exact) mass is 376 g/mol. The van der Waals surface area contributed by atoms with Crippen molar-refractivity contribution < 1.29 is 14.6 Å². The Morgan fingerprint density at radius 1 is 1.00 bits per heavy atom. The quantitative estimate of drug-likeness (QED) is 0.339. The Kier molecular flexibility index (Phi) is 13.2. The molecule has 1 aliphatic carbocycles. The number of rotatable bonds is 14. The molecule has 0 aromatic heterocycles. The minimum absolute atomic E-state index is 0.100. The fourth-order valence-electron chi connectivity index (χ4n) is 3.12. The third-order valence-electron chi connectivity index (χ3n) is 4.64. The molecule has 5 heteroatoms. The normalized spacial score (nSPS) is 23.5. The first-order valence-electron chi connectivity index (χ1n) is 9.67. The lowest BCUT2D eigenvalue weighted by Gasteiger charge is -2.21. The SMILES string of the molecule is CCCCCCCS[C@H]1C(O)CC[C@@H]1SCCCCCC(=O)OC. The van der Waals surface area contributed by atoms with Gasteiger partial charge in [0, 0.05) is 16.9 Å². The van der Waals surface area contributed by atoms with Gasteiger partial charge >= 0.3 is 5.97 Å². The van der Waals surface area contributed by atoms with E-state index in [1.165, 1.54) is 45.0 Å². The smallest absolute Gasteiger partial charge is 0.305 e. The van der Waals surface area contributed by atoms with Crippen LogP contribution in [0.4, 0.5) is 0 Å². The molecule has 0 amide bonds. The molecule has 0 spiro atoms. The van der Waals surface area contributed by atoms with Gasteiger partial charge in [0.25, 0.3) is 0 Å². The van der Waals surface area contributed by atoms with Crippen molar-refractivity contribution in [3.8, 4) is 0 Å². The summed E-state index contributed by atoms with van der Waals surface area (Å²) >= 11 is 4.04. The van der Waals surface area contributed by atoms with Crippen molar-refractivity contribution in [2.75, 3.05) is 18.6 Å². The molecule has 1 unspecified atom stereocenters. The van der Waals surface area contributed by atoms with Crippen molar-refractivity contribution in [3.05, 3.63) is 0 Å². The maximum absolute atomic E-state index is 11.1.